The molecule has 4 heteroatoms. The van der Waals surface area contributed by atoms with Gasteiger partial charge in [-0.15, -0.1) is 0 Å². The number of carboxylic acid groups (broad SMARTS) is 1. The number of rotatable bonds is 5. The second-order valence-electron chi connectivity index (χ2n) is 3.68. The molecule has 1 unspecified atom stereocenters. The topological polar surface area (TPSA) is 46.5 Å². The highest BCUT2D eigenvalue weighted by Gasteiger charge is 2.10. The normalized spacial score (nSPS) is 12.1. The molecule has 88 valence electrons. The van der Waals surface area contributed by atoms with E-state index in [2.05, 4.69) is 51.6 Å². The Hall–Kier alpha value is -0.780. The van der Waals surface area contributed by atoms with Crippen molar-refractivity contribution in [2.45, 2.75) is 19.8 Å². The van der Waals surface area contributed by atoms with Gasteiger partial charge in [0.05, 0.1) is 6.61 Å². The molecule has 0 saturated heterocycles. The third-order valence-corrected chi connectivity index (χ3v) is 3.18. The predicted molar refractivity (Wildman–Crippen MR) is 70.6 cm³/mol. The van der Waals surface area contributed by atoms with Crippen molar-refractivity contribution in [1.82, 2.24) is 0 Å². The van der Waals surface area contributed by atoms with E-state index >= 15 is 0 Å². The maximum Gasteiger partial charge on any atom is 0.505 e. The van der Waals surface area contributed by atoms with Crippen LogP contribution in [0.1, 0.15) is 18.9 Å². The number of ether oxygens (including phenoxy) is 1. The first-order chi connectivity index (χ1) is 7.61. The quantitative estimate of drug-likeness (QED) is 0.662. The summed E-state index contributed by atoms with van der Waals surface area (Å²) in [5.41, 5.74) is 1.22. The summed E-state index contributed by atoms with van der Waals surface area (Å²) in [6.45, 7) is 2.32. The summed E-state index contributed by atoms with van der Waals surface area (Å²) < 4.78 is 5.81. The average molecular weight is 334 g/mol. The smallest absolute Gasteiger partial charge is 0.450 e. The van der Waals surface area contributed by atoms with Crippen molar-refractivity contribution < 1.29 is 14.6 Å². The largest absolute Gasteiger partial charge is 0.505 e. The van der Waals surface area contributed by atoms with Crippen LogP contribution in [0.3, 0.4) is 0 Å². The first-order valence-corrected chi connectivity index (χ1v) is 6.30. The molecule has 0 fully saturated rings. The lowest BCUT2D eigenvalue weighted by Gasteiger charge is -2.13. The Balaban J connectivity index is 2.49. The number of hydrogen-bond acceptors (Lipinski definition) is 2. The van der Waals surface area contributed by atoms with Gasteiger partial charge >= 0.3 is 6.16 Å². The molecule has 0 heterocycles. The highest BCUT2D eigenvalue weighted by molar-refractivity contribution is 14.1. The molecular weight excluding hydrogens is 319 g/mol. The van der Waals surface area contributed by atoms with E-state index < -0.39 is 6.16 Å². The standard InChI is InChI=1S/C12H15IO3/c1-2-9(8-16-12(14)15)7-10-3-5-11(13)6-4-10/h3-6,9H,2,7-8H2,1H3,(H,14,15). The van der Waals surface area contributed by atoms with Crippen LogP contribution in [0, 0.1) is 9.49 Å². The predicted octanol–water partition coefficient (Wildman–Crippen LogP) is 3.55. The lowest BCUT2D eigenvalue weighted by Crippen LogP contribution is -2.14. The van der Waals surface area contributed by atoms with E-state index in [1.807, 2.05) is 6.92 Å². The highest BCUT2D eigenvalue weighted by Crippen LogP contribution is 2.14. The molecule has 0 spiro atoms. The van der Waals surface area contributed by atoms with Gasteiger partial charge in [-0.3, -0.25) is 0 Å². The molecule has 0 aromatic heterocycles. The molecule has 0 radical (unpaired) electrons. The Labute approximate surface area is 109 Å². The third-order valence-electron chi connectivity index (χ3n) is 2.46. The first-order valence-electron chi connectivity index (χ1n) is 5.22. The Kier molecular flexibility index (Phi) is 5.59. The zero-order valence-corrected chi connectivity index (χ0v) is 11.3. The van der Waals surface area contributed by atoms with Crippen LogP contribution in [0.4, 0.5) is 4.79 Å². The van der Waals surface area contributed by atoms with Crippen molar-refractivity contribution in [3.05, 3.63) is 33.4 Å². The molecule has 1 atom stereocenters. The number of hydrogen-bond donors (Lipinski definition) is 1. The van der Waals surface area contributed by atoms with Crippen LogP contribution in [0.2, 0.25) is 0 Å². The second kappa shape index (κ2) is 6.73. The van der Waals surface area contributed by atoms with E-state index in [1.165, 1.54) is 9.13 Å². The number of benzene rings is 1. The SMILES string of the molecule is CCC(COC(=O)O)Cc1ccc(I)cc1. The van der Waals surface area contributed by atoms with Crippen molar-refractivity contribution in [2.24, 2.45) is 5.92 Å². The third kappa shape index (κ3) is 4.83. The molecule has 3 nitrogen and oxygen atoms in total. The van der Waals surface area contributed by atoms with Gasteiger partial charge in [0.25, 0.3) is 0 Å². The van der Waals surface area contributed by atoms with E-state index in [0.29, 0.717) is 0 Å². The van der Waals surface area contributed by atoms with Gasteiger partial charge in [-0.05, 0) is 59.0 Å². The van der Waals surface area contributed by atoms with Crippen molar-refractivity contribution in [3.8, 4) is 0 Å². The molecule has 0 aliphatic rings. The molecule has 0 saturated carbocycles. The lowest BCUT2D eigenvalue weighted by molar-refractivity contribution is 0.0761. The summed E-state index contributed by atoms with van der Waals surface area (Å²) in [4.78, 5) is 10.3. The van der Waals surface area contributed by atoms with Crippen LogP contribution in [0.5, 0.6) is 0 Å². The van der Waals surface area contributed by atoms with E-state index in [-0.39, 0.29) is 12.5 Å². The van der Waals surface area contributed by atoms with Gasteiger partial charge in [-0.25, -0.2) is 4.79 Å². The molecule has 0 aliphatic carbocycles. The second-order valence-corrected chi connectivity index (χ2v) is 4.93. The lowest BCUT2D eigenvalue weighted by atomic mass is 9.98. The summed E-state index contributed by atoms with van der Waals surface area (Å²) >= 11 is 2.26. The van der Waals surface area contributed by atoms with Crippen LogP contribution < -0.4 is 0 Å². The van der Waals surface area contributed by atoms with Gasteiger partial charge in [0, 0.05) is 3.57 Å². The maximum absolute atomic E-state index is 10.3. The summed E-state index contributed by atoms with van der Waals surface area (Å²) in [6.07, 6.45) is 0.584. The minimum absolute atomic E-state index is 0.260. The van der Waals surface area contributed by atoms with Gasteiger partial charge in [0.1, 0.15) is 0 Å². The zero-order valence-electron chi connectivity index (χ0n) is 9.15. The van der Waals surface area contributed by atoms with Crippen molar-refractivity contribution in [1.29, 1.82) is 0 Å². The zero-order chi connectivity index (χ0) is 12.0. The fourth-order valence-corrected chi connectivity index (χ4v) is 1.82. The van der Waals surface area contributed by atoms with Gasteiger partial charge in [0.15, 0.2) is 0 Å². The monoisotopic (exact) mass is 334 g/mol. The summed E-state index contributed by atoms with van der Waals surface area (Å²) in [5, 5.41) is 8.44. The molecule has 1 N–H and O–H groups in total. The van der Waals surface area contributed by atoms with Crippen molar-refractivity contribution >= 4 is 28.7 Å². The van der Waals surface area contributed by atoms with Crippen molar-refractivity contribution in [3.63, 3.8) is 0 Å². The van der Waals surface area contributed by atoms with E-state index in [9.17, 15) is 4.79 Å². The molecule has 16 heavy (non-hydrogen) atoms. The molecule has 1 aromatic carbocycles. The maximum atomic E-state index is 10.3. The van der Waals surface area contributed by atoms with Gasteiger partial charge in [-0.2, -0.15) is 0 Å². The minimum Gasteiger partial charge on any atom is -0.450 e. The Morgan fingerprint density at radius 1 is 1.44 bits per heavy atom. The Morgan fingerprint density at radius 3 is 2.56 bits per heavy atom. The van der Waals surface area contributed by atoms with E-state index in [4.69, 9.17) is 5.11 Å². The molecule has 0 amide bonds. The van der Waals surface area contributed by atoms with Crippen LogP contribution in [-0.4, -0.2) is 17.9 Å². The van der Waals surface area contributed by atoms with Crippen LogP contribution >= 0.6 is 22.6 Å². The van der Waals surface area contributed by atoms with Crippen LogP contribution in [-0.2, 0) is 11.2 Å². The van der Waals surface area contributed by atoms with Gasteiger partial charge in [-0.1, -0.05) is 19.1 Å². The molecule has 0 bridgehead atoms. The average Bonchev–Trinajstić information content (AvgIpc) is 2.26. The number of halogens is 1. The molecule has 1 rings (SSSR count). The van der Waals surface area contributed by atoms with Crippen LogP contribution in [0.25, 0.3) is 0 Å². The molecule has 0 aliphatic heterocycles. The summed E-state index contributed by atoms with van der Waals surface area (Å²) in [5.74, 6) is 0.260. The minimum atomic E-state index is -1.19. The van der Waals surface area contributed by atoms with E-state index in [1.54, 1.807) is 0 Å². The number of carbonyl (C=O) groups is 1. The fourth-order valence-electron chi connectivity index (χ4n) is 1.46. The molecular formula is C12H15IO3. The Bertz CT molecular complexity index is 335. The van der Waals surface area contributed by atoms with Crippen molar-refractivity contribution in [2.75, 3.05) is 6.61 Å². The first kappa shape index (κ1) is 13.3. The van der Waals surface area contributed by atoms with Gasteiger partial charge < -0.3 is 9.84 Å². The highest BCUT2D eigenvalue weighted by atomic mass is 127. The van der Waals surface area contributed by atoms with E-state index in [0.717, 1.165) is 12.8 Å². The summed E-state index contributed by atoms with van der Waals surface area (Å²) in [6, 6.07) is 8.26. The van der Waals surface area contributed by atoms with Crippen LogP contribution in [0.15, 0.2) is 24.3 Å². The Morgan fingerprint density at radius 2 is 2.06 bits per heavy atom. The molecule has 1 aromatic rings. The summed E-state index contributed by atoms with van der Waals surface area (Å²) in [7, 11) is 0. The fraction of sp³-hybridized carbons (Fsp3) is 0.417. The van der Waals surface area contributed by atoms with Gasteiger partial charge in [0.2, 0.25) is 0 Å².